The van der Waals surface area contributed by atoms with Gasteiger partial charge in [0.15, 0.2) is 0 Å². The summed E-state index contributed by atoms with van der Waals surface area (Å²) < 4.78 is 0. The normalized spacial score (nSPS) is 19.9. The summed E-state index contributed by atoms with van der Waals surface area (Å²) in [6, 6.07) is -1.24. The summed E-state index contributed by atoms with van der Waals surface area (Å²) in [4.78, 5) is 30.8. The van der Waals surface area contributed by atoms with Crippen molar-refractivity contribution in [1.29, 1.82) is 0 Å². The van der Waals surface area contributed by atoms with Gasteiger partial charge in [-0.05, 0) is 114 Å². The van der Waals surface area contributed by atoms with Crippen molar-refractivity contribution in [1.82, 2.24) is 31.1 Å². The number of unbranched alkanes of at least 4 members (excludes halogenated alkanes) is 2. The first-order valence-electron chi connectivity index (χ1n) is 26.1. The molecule has 0 aromatic carbocycles. The molecule has 2 amide bonds. The summed E-state index contributed by atoms with van der Waals surface area (Å²) in [7, 11) is 2.62. The Morgan fingerprint density at radius 3 is 1.52 bits per heavy atom. The molecule has 1 heterocycles. The Hall–Kier alpha value is -3.35. The molecule has 1 aliphatic rings. The van der Waals surface area contributed by atoms with Crippen LogP contribution in [0.5, 0.6) is 0 Å². The van der Waals surface area contributed by atoms with E-state index in [4.69, 9.17) is 0 Å². The fourth-order valence-electron chi connectivity index (χ4n) is 7.61. The number of hydrogen-bond acceptors (Lipinski definition) is 10. The zero-order chi connectivity index (χ0) is 51.5. The third-order valence-corrected chi connectivity index (χ3v) is 13.2. The van der Waals surface area contributed by atoms with Crippen LogP contribution >= 0.6 is 8.58 Å². The number of nitrogens with zero attached hydrogens (tertiary/aromatic N) is 2. The Morgan fingerprint density at radius 1 is 0.623 bits per heavy atom. The Bertz CT molecular complexity index is 1610. The standard InChI is InChI=1S/C56H99N6O6P/c1-11-56(7,8)34-22-13-18-30-46(5)50(63)40-61(41-51(64)47(6)31-19-14-23-35-57-9)37-25-20-32-48-54(67)60-49(55(68)59-48)33-21-26-38-62(43-53(66)58-36-24-15-27-39-69-10)42-52(65)45(4)29-17-12-16-28-44(2)3/h16-19,22-24,27-31,34-36,39,44-53,57-58,63-66,69H,11-15,20-21,25-26,32-33,37-38,40-43H2,1-10H3,(H,59,68)(H,60,67)/b28-16-,29-17-,30-18-,31-19-,34-22-,35-23-,36-24-,39-27-. The number of aliphatic hydroxyl groups excluding tert-OH is 4. The van der Waals surface area contributed by atoms with E-state index in [0.29, 0.717) is 70.9 Å². The second kappa shape index (κ2) is 38.3. The van der Waals surface area contributed by atoms with Gasteiger partial charge in [-0.15, -0.1) is 8.58 Å². The number of piperazine rings is 1. The van der Waals surface area contributed by atoms with Crippen LogP contribution in [0.15, 0.2) is 97.2 Å². The van der Waals surface area contributed by atoms with E-state index in [-0.39, 0.29) is 35.0 Å². The SMILES string of the molecule is CCC(C)(C)/C=C\C/C=C\C(C)C(O)CN(CCCCC1NC(=O)C(CCCCN(CC(O)N/C=C\C/C=C\PC)CC(O)C(C)/C=C\C/C=C\C(C)C)NC1=O)CC(O)C(C)/C=C\C/C=C\NC. The molecule has 12 nitrogen and oxygen atoms in total. The zero-order valence-electron chi connectivity index (χ0n) is 44.5. The second-order valence-electron chi connectivity index (χ2n) is 20.0. The second-order valence-corrected chi connectivity index (χ2v) is 20.9. The molecular formula is C56H99N6O6P. The van der Waals surface area contributed by atoms with Crippen LogP contribution in [0, 0.1) is 29.1 Å². The number of rotatable bonds is 39. The maximum atomic E-state index is 13.3. The Kier molecular flexibility index (Phi) is 35.4. The highest BCUT2D eigenvalue weighted by Crippen LogP contribution is 2.22. The molecule has 0 saturated carbocycles. The lowest BCUT2D eigenvalue weighted by molar-refractivity contribution is -0.137. The van der Waals surface area contributed by atoms with E-state index >= 15 is 0 Å². The topological polar surface area (TPSA) is 170 Å². The molecule has 0 spiro atoms. The highest BCUT2D eigenvalue weighted by molar-refractivity contribution is 7.40. The van der Waals surface area contributed by atoms with Gasteiger partial charge in [-0.3, -0.25) is 19.4 Å². The fourth-order valence-corrected chi connectivity index (χ4v) is 7.98. The van der Waals surface area contributed by atoms with Crippen molar-refractivity contribution in [3.05, 3.63) is 97.2 Å². The number of amides is 2. The first kappa shape index (κ1) is 63.7. The van der Waals surface area contributed by atoms with Crippen LogP contribution in [0.2, 0.25) is 0 Å². The van der Waals surface area contributed by atoms with Crippen molar-refractivity contribution in [2.75, 3.05) is 53.0 Å². The lowest BCUT2D eigenvalue weighted by Crippen LogP contribution is -2.61. The van der Waals surface area contributed by atoms with Crippen molar-refractivity contribution in [2.24, 2.45) is 29.1 Å². The number of aliphatic hydroxyl groups is 4. The third kappa shape index (κ3) is 31.6. The number of allylic oxidation sites excluding steroid dienone is 10. The minimum Gasteiger partial charge on any atom is -0.394 e. The molecule has 1 fully saturated rings. The Labute approximate surface area is 421 Å². The molecule has 1 saturated heterocycles. The van der Waals surface area contributed by atoms with Gasteiger partial charge in [0.25, 0.3) is 0 Å². The summed E-state index contributed by atoms with van der Waals surface area (Å²) in [6.07, 6.45) is 36.2. The van der Waals surface area contributed by atoms with Crippen LogP contribution in [-0.4, -0.2) is 132 Å². The van der Waals surface area contributed by atoms with E-state index in [1.54, 1.807) is 6.20 Å². The summed E-state index contributed by atoms with van der Waals surface area (Å²) in [5, 5.41) is 56.5. The van der Waals surface area contributed by atoms with Crippen molar-refractivity contribution in [3.63, 3.8) is 0 Å². The van der Waals surface area contributed by atoms with Crippen molar-refractivity contribution in [2.45, 2.75) is 163 Å². The summed E-state index contributed by atoms with van der Waals surface area (Å²) in [5.41, 5.74) is 0.165. The molecular weight excluding hydrogens is 884 g/mol. The maximum Gasteiger partial charge on any atom is 0.243 e. The average Bonchev–Trinajstić information content (AvgIpc) is 3.30. The molecule has 0 bridgehead atoms. The lowest BCUT2D eigenvalue weighted by atomic mass is 9.90. The van der Waals surface area contributed by atoms with Gasteiger partial charge in [-0.2, -0.15) is 0 Å². The molecule has 0 aromatic heterocycles. The van der Waals surface area contributed by atoms with Gasteiger partial charge in [0, 0.05) is 51.0 Å². The van der Waals surface area contributed by atoms with Crippen LogP contribution in [0.1, 0.15) is 126 Å². The van der Waals surface area contributed by atoms with Crippen LogP contribution in [0.3, 0.4) is 0 Å². The van der Waals surface area contributed by atoms with Gasteiger partial charge in [0.05, 0.1) is 18.3 Å². The summed E-state index contributed by atoms with van der Waals surface area (Å²) in [5.74, 6) is 2.05. The van der Waals surface area contributed by atoms with Crippen LogP contribution in [-0.2, 0) is 9.59 Å². The molecule has 0 aliphatic carbocycles. The quantitative estimate of drug-likeness (QED) is 0.0130. The number of nitrogens with one attached hydrogen (secondary N) is 4. The molecule has 1 aliphatic heterocycles. The summed E-state index contributed by atoms with van der Waals surface area (Å²) >= 11 is 0. The van der Waals surface area contributed by atoms with Gasteiger partial charge in [-0.1, -0.05) is 140 Å². The molecule has 8 N–H and O–H groups in total. The molecule has 10 unspecified atom stereocenters. The largest absolute Gasteiger partial charge is 0.394 e. The number of carbonyl (C=O) groups is 2. The minimum atomic E-state index is -0.821. The molecule has 0 radical (unpaired) electrons. The van der Waals surface area contributed by atoms with Crippen molar-refractivity contribution >= 4 is 20.4 Å². The maximum absolute atomic E-state index is 13.3. The van der Waals surface area contributed by atoms with E-state index in [2.05, 4.69) is 127 Å². The van der Waals surface area contributed by atoms with E-state index in [1.165, 1.54) is 0 Å². The van der Waals surface area contributed by atoms with Gasteiger partial charge in [0.2, 0.25) is 11.8 Å². The van der Waals surface area contributed by atoms with Gasteiger partial charge in [-0.25, -0.2) is 0 Å². The minimum absolute atomic E-state index is 0.0692. The van der Waals surface area contributed by atoms with Crippen LogP contribution in [0.4, 0.5) is 0 Å². The third-order valence-electron chi connectivity index (χ3n) is 12.7. The van der Waals surface area contributed by atoms with Crippen LogP contribution in [0.25, 0.3) is 0 Å². The van der Waals surface area contributed by atoms with Crippen LogP contribution < -0.4 is 21.3 Å². The van der Waals surface area contributed by atoms with E-state index in [0.717, 1.165) is 53.5 Å². The molecule has 69 heavy (non-hydrogen) atoms. The van der Waals surface area contributed by atoms with Crippen molar-refractivity contribution < 1.29 is 30.0 Å². The Morgan fingerprint density at radius 2 is 1.06 bits per heavy atom. The predicted octanol–water partition coefficient (Wildman–Crippen LogP) is 8.32. The van der Waals surface area contributed by atoms with E-state index in [1.807, 2.05) is 64.4 Å². The summed E-state index contributed by atoms with van der Waals surface area (Å²) in [6.45, 7) is 21.8. The zero-order valence-corrected chi connectivity index (χ0v) is 45.5. The number of hydrogen-bond donors (Lipinski definition) is 8. The molecule has 1 rings (SSSR count). The van der Waals surface area contributed by atoms with E-state index < -0.39 is 36.6 Å². The van der Waals surface area contributed by atoms with E-state index in [9.17, 15) is 30.0 Å². The lowest BCUT2D eigenvalue weighted by Gasteiger charge is -2.31. The van der Waals surface area contributed by atoms with Crippen molar-refractivity contribution in [3.8, 4) is 0 Å². The van der Waals surface area contributed by atoms with Gasteiger partial charge >= 0.3 is 0 Å². The predicted molar refractivity (Wildman–Crippen MR) is 293 cm³/mol. The highest BCUT2D eigenvalue weighted by Gasteiger charge is 2.33. The average molecular weight is 983 g/mol. The molecule has 394 valence electrons. The first-order chi connectivity index (χ1) is 32.9. The molecule has 10 atom stereocenters. The number of carbonyl (C=O) groups excluding carboxylic acids is 2. The van der Waals surface area contributed by atoms with Gasteiger partial charge in [0.1, 0.15) is 18.3 Å². The highest BCUT2D eigenvalue weighted by atomic mass is 31.1. The smallest absolute Gasteiger partial charge is 0.243 e. The first-order valence-corrected chi connectivity index (χ1v) is 27.7. The monoisotopic (exact) mass is 983 g/mol. The molecule has 13 heteroatoms. The van der Waals surface area contributed by atoms with Gasteiger partial charge < -0.3 is 41.7 Å². The fraction of sp³-hybridized carbons (Fsp3) is 0.679. The Balaban J connectivity index is 2.83. The molecule has 0 aromatic rings.